The van der Waals surface area contributed by atoms with Crippen LogP contribution in [0.5, 0.6) is 5.75 Å². The van der Waals surface area contributed by atoms with Crippen LogP contribution in [0.25, 0.3) is 0 Å². The molecule has 19 heavy (non-hydrogen) atoms. The number of nitrogens with one attached hydrogen (secondary N) is 1. The van der Waals surface area contributed by atoms with Gasteiger partial charge in [-0.15, -0.1) is 0 Å². The van der Waals surface area contributed by atoms with E-state index in [1.165, 1.54) is 31.4 Å². The molecule has 106 valence electrons. The summed E-state index contributed by atoms with van der Waals surface area (Å²) in [6.45, 7) is -2.23. The Labute approximate surface area is 109 Å². The third-order valence-corrected chi connectivity index (χ3v) is 2.09. The topological polar surface area (TPSA) is 56.8 Å². The van der Waals surface area contributed by atoms with Crippen LogP contribution in [0, 0.1) is 0 Å². The number of ether oxygens (including phenoxy) is 2. The van der Waals surface area contributed by atoms with E-state index in [4.69, 9.17) is 9.57 Å². The molecule has 0 atom stereocenters. The van der Waals surface area contributed by atoms with E-state index in [0.29, 0.717) is 12.2 Å². The number of halogens is 2. The quantitative estimate of drug-likeness (QED) is 0.577. The number of hydroxylamine groups is 1. The van der Waals surface area contributed by atoms with Gasteiger partial charge in [0.15, 0.2) is 0 Å². The Morgan fingerprint density at radius 3 is 2.53 bits per heavy atom. The number of amides is 1. The van der Waals surface area contributed by atoms with Crippen molar-refractivity contribution in [1.29, 1.82) is 0 Å². The second-order valence-corrected chi connectivity index (χ2v) is 3.57. The summed E-state index contributed by atoms with van der Waals surface area (Å²) in [4.78, 5) is 16.2. The van der Waals surface area contributed by atoms with Gasteiger partial charge < -0.3 is 9.47 Å². The molecule has 0 spiro atoms. The first-order chi connectivity index (χ1) is 9.11. The minimum Gasteiger partial charge on any atom is -0.435 e. The number of hydrogen-bond donors (Lipinski definition) is 1. The van der Waals surface area contributed by atoms with Crippen molar-refractivity contribution in [3.05, 3.63) is 29.8 Å². The van der Waals surface area contributed by atoms with Crippen molar-refractivity contribution in [2.24, 2.45) is 0 Å². The van der Waals surface area contributed by atoms with Gasteiger partial charge in [0, 0.05) is 7.11 Å². The molecule has 0 aromatic heterocycles. The molecule has 1 aromatic rings. The van der Waals surface area contributed by atoms with Crippen LogP contribution in [0.3, 0.4) is 0 Å². The molecule has 0 saturated carbocycles. The predicted octanol–water partition coefficient (Wildman–Crippen LogP) is 1.52. The van der Waals surface area contributed by atoms with Crippen molar-refractivity contribution in [2.45, 2.75) is 13.0 Å². The molecule has 1 N–H and O–H groups in total. The first-order valence-corrected chi connectivity index (χ1v) is 5.55. The Morgan fingerprint density at radius 1 is 1.26 bits per heavy atom. The lowest BCUT2D eigenvalue weighted by atomic mass is 10.1. The fourth-order valence-electron chi connectivity index (χ4n) is 1.27. The number of carbonyl (C=O) groups excluding carboxylic acids is 1. The highest BCUT2D eigenvalue weighted by Gasteiger charge is 2.06. The van der Waals surface area contributed by atoms with Gasteiger partial charge in [-0.1, -0.05) is 12.1 Å². The highest BCUT2D eigenvalue weighted by Crippen LogP contribution is 2.15. The van der Waals surface area contributed by atoms with E-state index in [2.05, 4.69) is 10.2 Å². The molecule has 0 unspecified atom stereocenters. The number of carbonyl (C=O) groups is 1. The lowest BCUT2D eigenvalue weighted by molar-refractivity contribution is -0.133. The van der Waals surface area contributed by atoms with Gasteiger partial charge in [-0.25, -0.2) is 5.48 Å². The van der Waals surface area contributed by atoms with Gasteiger partial charge in [0.25, 0.3) is 0 Å². The summed E-state index contributed by atoms with van der Waals surface area (Å²) in [7, 11) is 1.52. The second kappa shape index (κ2) is 8.39. The third kappa shape index (κ3) is 6.68. The number of hydrogen-bond acceptors (Lipinski definition) is 4. The molecule has 1 rings (SSSR count). The Bertz CT molecular complexity index is 384. The summed E-state index contributed by atoms with van der Waals surface area (Å²) in [6, 6.07) is 5.82. The molecule has 0 bridgehead atoms. The molecule has 0 aliphatic rings. The average molecular weight is 275 g/mol. The second-order valence-electron chi connectivity index (χ2n) is 3.57. The fraction of sp³-hybridized carbons (Fsp3) is 0.417. The van der Waals surface area contributed by atoms with Crippen molar-refractivity contribution < 1.29 is 27.9 Å². The van der Waals surface area contributed by atoms with E-state index in [1.807, 2.05) is 0 Å². The van der Waals surface area contributed by atoms with E-state index in [1.54, 1.807) is 0 Å². The maximum Gasteiger partial charge on any atom is 0.387 e. The van der Waals surface area contributed by atoms with Crippen LogP contribution in [0.4, 0.5) is 8.78 Å². The van der Waals surface area contributed by atoms with E-state index < -0.39 is 6.61 Å². The average Bonchev–Trinajstić information content (AvgIpc) is 2.36. The molecule has 7 heteroatoms. The first-order valence-electron chi connectivity index (χ1n) is 5.55. The minimum atomic E-state index is -2.86. The standard InChI is InChI=1S/C12H15F2NO4/c1-17-6-7-18-15-11(16)8-9-2-4-10(5-3-9)19-12(13)14/h2-5,12H,6-8H2,1H3,(H,15,16). The highest BCUT2D eigenvalue weighted by atomic mass is 19.3. The highest BCUT2D eigenvalue weighted by molar-refractivity contribution is 5.77. The van der Waals surface area contributed by atoms with Crippen molar-refractivity contribution >= 4 is 5.91 Å². The Kier molecular flexibility index (Phi) is 6.76. The predicted molar refractivity (Wildman–Crippen MR) is 62.7 cm³/mol. The minimum absolute atomic E-state index is 0.0514. The van der Waals surface area contributed by atoms with E-state index in [-0.39, 0.29) is 24.7 Å². The van der Waals surface area contributed by atoms with Crippen molar-refractivity contribution in [3.8, 4) is 5.75 Å². The summed E-state index contributed by atoms with van der Waals surface area (Å²) >= 11 is 0. The maximum atomic E-state index is 11.9. The molecule has 0 fully saturated rings. The molecule has 0 saturated heterocycles. The number of benzene rings is 1. The number of alkyl halides is 2. The van der Waals surface area contributed by atoms with Crippen LogP contribution in [-0.4, -0.2) is 32.8 Å². The zero-order valence-electron chi connectivity index (χ0n) is 10.4. The van der Waals surface area contributed by atoms with Crippen LogP contribution in [-0.2, 0) is 20.8 Å². The third-order valence-electron chi connectivity index (χ3n) is 2.09. The fourth-order valence-corrected chi connectivity index (χ4v) is 1.27. The Balaban J connectivity index is 2.34. The lowest BCUT2D eigenvalue weighted by Crippen LogP contribution is -2.26. The van der Waals surface area contributed by atoms with E-state index >= 15 is 0 Å². The summed E-state index contributed by atoms with van der Waals surface area (Å²) in [5.74, 6) is -0.283. The zero-order chi connectivity index (χ0) is 14.1. The molecular weight excluding hydrogens is 260 g/mol. The molecule has 0 aliphatic carbocycles. The summed E-state index contributed by atoms with van der Waals surface area (Å²) in [5, 5.41) is 0. The van der Waals surface area contributed by atoms with Gasteiger partial charge in [-0.3, -0.25) is 9.63 Å². The number of methoxy groups -OCH3 is 1. The molecular formula is C12H15F2NO4. The summed E-state index contributed by atoms with van der Waals surface area (Å²) < 4.78 is 32.8. The number of rotatable bonds is 8. The van der Waals surface area contributed by atoms with Crippen LogP contribution in [0.1, 0.15) is 5.56 Å². The molecule has 5 nitrogen and oxygen atoms in total. The van der Waals surface area contributed by atoms with Gasteiger partial charge in [0.1, 0.15) is 5.75 Å². The van der Waals surface area contributed by atoms with Gasteiger partial charge in [0.05, 0.1) is 19.6 Å². The summed E-state index contributed by atoms with van der Waals surface area (Å²) in [6.07, 6.45) is 0.0853. The SMILES string of the molecule is COCCONC(=O)Cc1ccc(OC(F)F)cc1. The van der Waals surface area contributed by atoms with Crippen molar-refractivity contribution in [1.82, 2.24) is 5.48 Å². The summed E-state index contributed by atoms with van der Waals surface area (Å²) in [5.41, 5.74) is 2.90. The van der Waals surface area contributed by atoms with E-state index in [0.717, 1.165) is 0 Å². The van der Waals surface area contributed by atoms with Gasteiger partial charge >= 0.3 is 6.61 Å². The molecule has 1 aromatic carbocycles. The Hall–Kier alpha value is -1.73. The molecule has 0 heterocycles. The Morgan fingerprint density at radius 2 is 1.95 bits per heavy atom. The van der Waals surface area contributed by atoms with Gasteiger partial charge in [-0.05, 0) is 17.7 Å². The lowest BCUT2D eigenvalue weighted by Gasteiger charge is -2.07. The van der Waals surface area contributed by atoms with Crippen LogP contribution < -0.4 is 10.2 Å². The molecule has 1 amide bonds. The normalized spacial score (nSPS) is 10.5. The van der Waals surface area contributed by atoms with Crippen LogP contribution >= 0.6 is 0 Å². The largest absolute Gasteiger partial charge is 0.435 e. The first kappa shape index (κ1) is 15.3. The molecule has 0 aliphatic heterocycles. The molecule has 0 radical (unpaired) electrons. The monoisotopic (exact) mass is 275 g/mol. The van der Waals surface area contributed by atoms with Gasteiger partial charge in [0.2, 0.25) is 5.91 Å². The van der Waals surface area contributed by atoms with Gasteiger partial charge in [-0.2, -0.15) is 8.78 Å². The van der Waals surface area contributed by atoms with E-state index in [9.17, 15) is 13.6 Å². The van der Waals surface area contributed by atoms with Crippen molar-refractivity contribution in [3.63, 3.8) is 0 Å². The van der Waals surface area contributed by atoms with Crippen LogP contribution in [0.2, 0.25) is 0 Å². The maximum absolute atomic E-state index is 11.9. The zero-order valence-corrected chi connectivity index (χ0v) is 10.4. The smallest absolute Gasteiger partial charge is 0.387 e. The van der Waals surface area contributed by atoms with Crippen molar-refractivity contribution in [2.75, 3.05) is 20.3 Å². The van der Waals surface area contributed by atoms with Crippen LogP contribution in [0.15, 0.2) is 24.3 Å².